The lowest BCUT2D eigenvalue weighted by atomic mass is 9.83. The molecule has 0 saturated carbocycles. The van der Waals surface area contributed by atoms with Gasteiger partial charge in [0.25, 0.3) is 0 Å². The molecule has 0 bridgehead atoms. The number of allylic oxidation sites excluding steroid dienone is 1. The van der Waals surface area contributed by atoms with Gasteiger partial charge in [0, 0.05) is 11.8 Å². The molecule has 1 heterocycles. The smallest absolute Gasteiger partial charge is 0.133 e. The number of aromatic nitrogens is 1. The third-order valence-corrected chi connectivity index (χ3v) is 3.09. The first kappa shape index (κ1) is 11.9. The van der Waals surface area contributed by atoms with Gasteiger partial charge in [-0.2, -0.15) is 0 Å². The maximum absolute atomic E-state index is 10.7. The van der Waals surface area contributed by atoms with Crippen LogP contribution in [0.5, 0.6) is 0 Å². The highest BCUT2D eigenvalue weighted by molar-refractivity contribution is 5.75. The van der Waals surface area contributed by atoms with Gasteiger partial charge < -0.3 is 10.2 Å². The molecule has 1 aliphatic rings. The third-order valence-electron chi connectivity index (χ3n) is 3.09. The van der Waals surface area contributed by atoms with Crippen molar-refractivity contribution in [3.8, 4) is 0 Å². The summed E-state index contributed by atoms with van der Waals surface area (Å²) in [6, 6.07) is 1.69. The molecule has 3 atom stereocenters. The highest BCUT2D eigenvalue weighted by Crippen LogP contribution is 2.35. The first-order valence-electron chi connectivity index (χ1n) is 5.48. The molecular weight excluding hydrogens is 220 g/mol. The van der Waals surface area contributed by atoms with Gasteiger partial charge in [-0.3, -0.25) is 4.98 Å². The average Bonchev–Trinajstić information content (AvgIpc) is 2.35. The van der Waals surface area contributed by atoms with Crippen molar-refractivity contribution >= 4 is 11.3 Å². The van der Waals surface area contributed by atoms with E-state index in [0.29, 0.717) is 12.0 Å². The lowest BCUT2D eigenvalue weighted by Crippen LogP contribution is -2.34. The molecule has 2 N–H and O–H groups in total. The van der Waals surface area contributed by atoms with Crippen molar-refractivity contribution in [2.75, 3.05) is 0 Å². The van der Waals surface area contributed by atoms with E-state index in [1.165, 1.54) is 6.20 Å². The predicted molar refractivity (Wildman–Crippen MR) is 63.5 cm³/mol. The first-order valence-corrected chi connectivity index (χ1v) is 5.48. The molecule has 0 spiro atoms. The third kappa shape index (κ3) is 2.25. The Kier molecular flexibility index (Phi) is 3.31. The van der Waals surface area contributed by atoms with Crippen LogP contribution in [0.4, 0.5) is 5.69 Å². The molecule has 0 unspecified atom stereocenters. The minimum atomic E-state index is -0.901. The summed E-state index contributed by atoms with van der Waals surface area (Å²) >= 11 is 0. The van der Waals surface area contributed by atoms with Crippen LogP contribution in [0.15, 0.2) is 29.7 Å². The van der Waals surface area contributed by atoms with Crippen LogP contribution in [-0.2, 0) is 0 Å². The van der Waals surface area contributed by atoms with Gasteiger partial charge in [0.15, 0.2) is 0 Å². The summed E-state index contributed by atoms with van der Waals surface area (Å²) in [7, 11) is 0. The molecule has 90 valence electrons. The number of aliphatic hydroxyl groups is 2. The van der Waals surface area contributed by atoms with Crippen molar-refractivity contribution in [1.29, 1.82) is 0 Å². The molecule has 1 aromatic rings. The topological polar surface area (TPSA) is 82.8 Å². The van der Waals surface area contributed by atoms with E-state index >= 15 is 0 Å². The second-order valence-corrected chi connectivity index (χ2v) is 4.34. The molecule has 17 heavy (non-hydrogen) atoms. The van der Waals surface area contributed by atoms with Gasteiger partial charge >= 0.3 is 0 Å². The quantitative estimate of drug-likeness (QED) is 0.762. The number of hydrogen-bond acceptors (Lipinski definition) is 5. The van der Waals surface area contributed by atoms with Crippen LogP contribution >= 0.6 is 0 Å². The molecule has 0 fully saturated rings. The number of pyridine rings is 1. The van der Waals surface area contributed by atoms with Crippen LogP contribution in [0.25, 0.3) is 5.57 Å². The fourth-order valence-electron chi connectivity index (χ4n) is 2.11. The second-order valence-electron chi connectivity index (χ2n) is 4.34. The van der Waals surface area contributed by atoms with E-state index in [1.807, 2.05) is 6.92 Å². The SMILES string of the molecule is C[C@H]1CC(c2ccncc2N=O)=C[C@@H](O)[C@@H]1O. The fourth-order valence-corrected chi connectivity index (χ4v) is 2.11. The minimum absolute atomic E-state index is 0.0577. The van der Waals surface area contributed by atoms with Crippen LogP contribution in [0.1, 0.15) is 18.9 Å². The number of hydrogen-bond donors (Lipinski definition) is 2. The Hall–Kier alpha value is -1.59. The zero-order chi connectivity index (χ0) is 12.4. The van der Waals surface area contributed by atoms with E-state index in [0.717, 1.165) is 5.57 Å². The maximum Gasteiger partial charge on any atom is 0.133 e. The maximum atomic E-state index is 10.7. The Morgan fingerprint density at radius 1 is 1.47 bits per heavy atom. The number of nitroso groups, excluding NO2 is 1. The van der Waals surface area contributed by atoms with E-state index in [-0.39, 0.29) is 11.6 Å². The molecule has 2 rings (SSSR count). The second kappa shape index (κ2) is 4.73. The van der Waals surface area contributed by atoms with Crippen molar-refractivity contribution in [2.45, 2.75) is 25.6 Å². The zero-order valence-corrected chi connectivity index (χ0v) is 9.45. The number of nitrogens with zero attached hydrogens (tertiary/aromatic N) is 2. The molecule has 0 aromatic carbocycles. The van der Waals surface area contributed by atoms with Crippen LogP contribution < -0.4 is 0 Å². The fraction of sp³-hybridized carbons (Fsp3) is 0.417. The molecule has 0 saturated heterocycles. The number of aliphatic hydroxyl groups excluding tert-OH is 2. The van der Waals surface area contributed by atoms with Gasteiger partial charge in [-0.05, 0) is 35.2 Å². The lowest BCUT2D eigenvalue weighted by molar-refractivity contribution is 0.00957. The molecule has 1 aliphatic carbocycles. The summed E-state index contributed by atoms with van der Waals surface area (Å²) in [5.74, 6) is -0.0577. The summed E-state index contributed by atoms with van der Waals surface area (Å²) in [6.45, 7) is 1.86. The first-order chi connectivity index (χ1) is 8.13. The van der Waals surface area contributed by atoms with Crippen LogP contribution in [0.3, 0.4) is 0 Å². The zero-order valence-electron chi connectivity index (χ0n) is 9.45. The molecule has 1 aromatic heterocycles. The molecule has 0 aliphatic heterocycles. The van der Waals surface area contributed by atoms with Gasteiger partial charge in [0.2, 0.25) is 0 Å². The highest BCUT2D eigenvalue weighted by atomic mass is 16.3. The van der Waals surface area contributed by atoms with Crippen molar-refractivity contribution in [3.63, 3.8) is 0 Å². The van der Waals surface area contributed by atoms with E-state index < -0.39 is 12.2 Å². The average molecular weight is 234 g/mol. The van der Waals surface area contributed by atoms with Crippen molar-refractivity contribution in [2.24, 2.45) is 11.1 Å². The summed E-state index contributed by atoms with van der Waals surface area (Å²) in [4.78, 5) is 14.5. The lowest BCUT2D eigenvalue weighted by Gasteiger charge is -2.29. The summed E-state index contributed by atoms with van der Waals surface area (Å²) < 4.78 is 0. The standard InChI is InChI=1S/C12H14N2O3/c1-7-4-8(5-11(15)12(7)16)9-2-3-13-6-10(9)14-17/h2-3,5-7,11-12,15-16H,4H2,1H3/t7-,11+,12+/m0/s1. The van der Waals surface area contributed by atoms with E-state index in [4.69, 9.17) is 0 Å². The van der Waals surface area contributed by atoms with Crippen LogP contribution in [0.2, 0.25) is 0 Å². The van der Waals surface area contributed by atoms with E-state index in [1.54, 1.807) is 18.3 Å². The summed E-state index contributed by atoms with van der Waals surface area (Å²) in [5.41, 5.74) is 1.76. The highest BCUT2D eigenvalue weighted by Gasteiger charge is 2.28. The van der Waals surface area contributed by atoms with Crippen molar-refractivity contribution in [3.05, 3.63) is 35.0 Å². The molecule has 0 radical (unpaired) electrons. The Labute approximate surface area is 98.8 Å². The van der Waals surface area contributed by atoms with Crippen LogP contribution in [0, 0.1) is 10.8 Å². The number of rotatable bonds is 2. The van der Waals surface area contributed by atoms with Crippen molar-refractivity contribution in [1.82, 2.24) is 4.98 Å². The van der Waals surface area contributed by atoms with E-state index in [2.05, 4.69) is 10.2 Å². The van der Waals surface area contributed by atoms with Crippen LogP contribution in [-0.4, -0.2) is 27.4 Å². The van der Waals surface area contributed by atoms with E-state index in [9.17, 15) is 15.1 Å². The Bertz CT molecular complexity index is 459. The molecular formula is C12H14N2O3. The Morgan fingerprint density at radius 3 is 2.88 bits per heavy atom. The molecule has 5 heteroatoms. The Balaban J connectivity index is 2.40. The largest absolute Gasteiger partial charge is 0.390 e. The van der Waals surface area contributed by atoms with Gasteiger partial charge in [-0.15, -0.1) is 4.91 Å². The predicted octanol–water partition coefficient (Wildman–Crippen LogP) is 1.62. The van der Waals surface area contributed by atoms with Gasteiger partial charge in [0.05, 0.1) is 18.4 Å². The van der Waals surface area contributed by atoms with Crippen molar-refractivity contribution < 1.29 is 10.2 Å². The summed E-state index contributed by atoms with van der Waals surface area (Å²) in [5, 5.41) is 22.3. The normalized spacial score (nSPS) is 28.6. The Morgan fingerprint density at radius 2 is 2.24 bits per heavy atom. The van der Waals surface area contributed by atoms with Gasteiger partial charge in [0.1, 0.15) is 5.69 Å². The monoisotopic (exact) mass is 234 g/mol. The van der Waals surface area contributed by atoms with Gasteiger partial charge in [-0.1, -0.05) is 6.92 Å². The van der Waals surface area contributed by atoms with Gasteiger partial charge in [-0.25, -0.2) is 0 Å². The molecule has 5 nitrogen and oxygen atoms in total. The molecule has 0 amide bonds. The minimum Gasteiger partial charge on any atom is -0.390 e. The summed E-state index contributed by atoms with van der Waals surface area (Å²) in [6.07, 6.45) is 3.49.